The Kier molecular flexibility index (Phi) is 3.38. The number of aromatic nitrogens is 2. The number of nitrogens with two attached hydrogens (primary N) is 1. The second-order valence-electron chi connectivity index (χ2n) is 4.04. The summed E-state index contributed by atoms with van der Waals surface area (Å²) in [5, 5.41) is 6.78. The second kappa shape index (κ2) is 4.81. The topological polar surface area (TPSA) is 72.9 Å². The normalized spacial score (nSPS) is 10.4. The summed E-state index contributed by atoms with van der Waals surface area (Å²) in [7, 11) is 1.72. The van der Waals surface area contributed by atoms with Crippen LogP contribution in [0.3, 0.4) is 0 Å². The number of nitrogens with one attached hydrogen (secondary N) is 1. The average Bonchev–Trinajstić information content (AvgIpc) is 2.62. The Bertz CT molecular complexity index is 606. The molecule has 0 aliphatic rings. The van der Waals surface area contributed by atoms with Gasteiger partial charge in [0.25, 0.3) is 5.91 Å². The molecule has 0 radical (unpaired) electrons. The molecule has 2 rings (SSSR count). The summed E-state index contributed by atoms with van der Waals surface area (Å²) < 4.78 is 2.33. The van der Waals surface area contributed by atoms with Crippen LogP contribution in [0, 0.1) is 6.92 Å². The molecule has 0 fully saturated rings. The summed E-state index contributed by atoms with van der Waals surface area (Å²) in [5.41, 5.74) is 8.09. The minimum atomic E-state index is -0.322. The molecule has 94 valence electrons. The average molecular weight is 309 g/mol. The van der Waals surface area contributed by atoms with Gasteiger partial charge in [0.1, 0.15) is 0 Å². The predicted octanol–water partition coefficient (Wildman–Crippen LogP) is 2.33. The summed E-state index contributed by atoms with van der Waals surface area (Å²) in [5.74, 6) is -0.322. The maximum Gasteiger partial charge on any atom is 0.278 e. The zero-order valence-corrected chi connectivity index (χ0v) is 11.7. The van der Waals surface area contributed by atoms with Crippen LogP contribution in [0.5, 0.6) is 0 Å². The Balaban J connectivity index is 2.24. The van der Waals surface area contributed by atoms with Crippen LogP contribution in [0.4, 0.5) is 11.4 Å². The van der Waals surface area contributed by atoms with Gasteiger partial charge in [0, 0.05) is 17.7 Å². The molecule has 0 bridgehead atoms. The van der Waals surface area contributed by atoms with Crippen molar-refractivity contribution < 1.29 is 4.79 Å². The molecule has 0 unspecified atom stereocenters. The molecule has 0 saturated carbocycles. The van der Waals surface area contributed by atoms with Crippen LogP contribution >= 0.6 is 15.9 Å². The van der Waals surface area contributed by atoms with E-state index in [1.807, 2.05) is 25.1 Å². The fourth-order valence-corrected chi connectivity index (χ4v) is 2.18. The van der Waals surface area contributed by atoms with Gasteiger partial charge >= 0.3 is 0 Å². The maximum absolute atomic E-state index is 12.0. The van der Waals surface area contributed by atoms with Gasteiger partial charge in [-0.2, -0.15) is 5.10 Å². The summed E-state index contributed by atoms with van der Waals surface area (Å²) in [6, 6.07) is 5.68. The third-order valence-corrected chi connectivity index (χ3v) is 3.10. The fourth-order valence-electron chi connectivity index (χ4n) is 1.59. The van der Waals surface area contributed by atoms with E-state index in [-0.39, 0.29) is 11.6 Å². The van der Waals surface area contributed by atoms with E-state index in [9.17, 15) is 4.79 Å². The van der Waals surface area contributed by atoms with Gasteiger partial charge in [-0.1, -0.05) is 6.07 Å². The van der Waals surface area contributed by atoms with Crippen molar-refractivity contribution in [3.63, 3.8) is 0 Å². The molecule has 0 aliphatic heterocycles. The number of nitrogen functional groups attached to an aromatic ring is 1. The van der Waals surface area contributed by atoms with Gasteiger partial charge in [-0.3, -0.25) is 9.48 Å². The first-order chi connectivity index (χ1) is 8.47. The van der Waals surface area contributed by atoms with Gasteiger partial charge in [0.2, 0.25) is 0 Å². The van der Waals surface area contributed by atoms with Gasteiger partial charge in [-0.25, -0.2) is 0 Å². The lowest BCUT2D eigenvalue weighted by Gasteiger charge is -2.07. The van der Waals surface area contributed by atoms with Crippen LogP contribution < -0.4 is 11.1 Å². The SMILES string of the molecule is Cc1ccc(NC(=O)c2nn(C)cc2N)c(Br)c1. The van der Waals surface area contributed by atoms with Crippen LogP contribution in [-0.4, -0.2) is 15.7 Å². The van der Waals surface area contributed by atoms with Crippen LogP contribution in [-0.2, 0) is 7.05 Å². The van der Waals surface area contributed by atoms with Crippen molar-refractivity contribution in [1.29, 1.82) is 0 Å². The van der Waals surface area contributed by atoms with Crippen LogP contribution in [0.2, 0.25) is 0 Å². The van der Waals surface area contributed by atoms with Crippen LogP contribution in [0.1, 0.15) is 16.1 Å². The first-order valence-electron chi connectivity index (χ1n) is 5.34. The van der Waals surface area contributed by atoms with Gasteiger partial charge in [0.05, 0.1) is 11.4 Å². The van der Waals surface area contributed by atoms with Crippen molar-refractivity contribution in [2.45, 2.75) is 6.92 Å². The first-order valence-corrected chi connectivity index (χ1v) is 6.13. The molecule has 18 heavy (non-hydrogen) atoms. The number of aryl methyl sites for hydroxylation is 2. The number of halogens is 1. The molecule has 3 N–H and O–H groups in total. The molecular weight excluding hydrogens is 296 g/mol. The largest absolute Gasteiger partial charge is 0.396 e. The number of hydrogen-bond acceptors (Lipinski definition) is 3. The molecule has 6 heteroatoms. The molecule has 0 atom stereocenters. The smallest absolute Gasteiger partial charge is 0.278 e. The molecule has 0 saturated heterocycles. The van der Waals surface area contributed by atoms with E-state index >= 15 is 0 Å². The summed E-state index contributed by atoms with van der Waals surface area (Å²) in [4.78, 5) is 12.0. The summed E-state index contributed by atoms with van der Waals surface area (Å²) in [6.45, 7) is 1.98. The maximum atomic E-state index is 12.0. The standard InChI is InChI=1S/C12H13BrN4O/c1-7-3-4-10(8(13)5-7)15-12(18)11-9(14)6-17(2)16-11/h3-6H,14H2,1-2H3,(H,15,18). The van der Waals surface area contributed by atoms with Crippen molar-refractivity contribution in [2.75, 3.05) is 11.1 Å². The highest BCUT2D eigenvalue weighted by atomic mass is 79.9. The molecular formula is C12H13BrN4O. The number of hydrogen-bond donors (Lipinski definition) is 2. The molecule has 0 aliphatic carbocycles. The van der Waals surface area contributed by atoms with Gasteiger partial charge in [-0.15, -0.1) is 0 Å². The van der Waals surface area contributed by atoms with E-state index in [4.69, 9.17) is 5.73 Å². The first kappa shape index (κ1) is 12.6. The Hall–Kier alpha value is -1.82. The van der Waals surface area contributed by atoms with Crippen molar-refractivity contribution in [2.24, 2.45) is 7.05 Å². The number of benzene rings is 1. The van der Waals surface area contributed by atoms with E-state index in [0.717, 1.165) is 10.0 Å². The van der Waals surface area contributed by atoms with Gasteiger partial charge < -0.3 is 11.1 Å². The van der Waals surface area contributed by atoms with Crippen molar-refractivity contribution in [1.82, 2.24) is 9.78 Å². The molecule has 1 amide bonds. The monoisotopic (exact) mass is 308 g/mol. The lowest BCUT2D eigenvalue weighted by Crippen LogP contribution is -2.15. The van der Waals surface area contributed by atoms with Crippen LogP contribution in [0.25, 0.3) is 0 Å². The molecule has 2 aromatic rings. The molecule has 1 aromatic carbocycles. The van der Waals surface area contributed by atoms with Gasteiger partial charge in [-0.05, 0) is 40.5 Å². The molecule has 5 nitrogen and oxygen atoms in total. The van der Waals surface area contributed by atoms with Crippen molar-refractivity contribution in [3.8, 4) is 0 Å². The lowest BCUT2D eigenvalue weighted by molar-refractivity contribution is 0.102. The third kappa shape index (κ3) is 2.53. The zero-order chi connectivity index (χ0) is 13.3. The highest BCUT2D eigenvalue weighted by Gasteiger charge is 2.15. The Morgan fingerprint density at radius 2 is 2.22 bits per heavy atom. The highest BCUT2D eigenvalue weighted by molar-refractivity contribution is 9.10. The zero-order valence-electron chi connectivity index (χ0n) is 10.1. The number of carbonyl (C=O) groups is 1. The van der Waals surface area contributed by atoms with Crippen LogP contribution in [0.15, 0.2) is 28.9 Å². The number of amides is 1. The highest BCUT2D eigenvalue weighted by Crippen LogP contribution is 2.24. The quantitative estimate of drug-likeness (QED) is 0.894. The molecule has 1 heterocycles. The molecule has 1 aromatic heterocycles. The lowest BCUT2D eigenvalue weighted by atomic mass is 10.2. The van der Waals surface area contributed by atoms with E-state index in [2.05, 4.69) is 26.3 Å². The van der Waals surface area contributed by atoms with E-state index in [0.29, 0.717) is 11.4 Å². The minimum absolute atomic E-state index is 0.227. The Labute approximate surface area is 113 Å². The second-order valence-corrected chi connectivity index (χ2v) is 4.90. The summed E-state index contributed by atoms with van der Waals surface area (Å²) in [6.07, 6.45) is 1.60. The number of anilines is 2. The van der Waals surface area contributed by atoms with E-state index < -0.39 is 0 Å². The Morgan fingerprint density at radius 1 is 1.50 bits per heavy atom. The van der Waals surface area contributed by atoms with E-state index in [1.54, 1.807) is 13.2 Å². The van der Waals surface area contributed by atoms with Gasteiger partial charge in [0.15, 0.2) is 5.69 Å². The van der Waals surface area contributed by atoms with E-state index in [1.165, 1.54) is 4.68 Å². The number of carbonyl (C=O) groups excluding carboxylic acids is 1. The number of rotatable bonds is 2. The minimum Gasteiger partial charge on any atom is -0.396 e. The fraction of sp³-hybridized carbons (Fsp3) is 0.167. The van der Waals surface area contributed by atoms with Crippen molar-refractivity contribution in [3.05, 3.63) is 40.1 Å². The third-order valence-electron chi connectivity index (χ3n) is 2.44. The Morgan fingerprint density at radius 3 is 2.78 bits per heavy atom. The molecule has 0 spiro atoms. The van der Waals surface area contributed by atoms with Crippen molar-refractivity contribution >= 4 is 33.2 Å². The summed E-state index contributed by atoms with van der Waals surface area (Å²) >= 11 is 3.40. The predicted molar refractivity (Wildman–Crippen MR) is 74.5 cm³/mol. The number of nitrogens with zero attached hydrogens (tertiary/aromatic N) is 2.